The summed E-state index contributed by atoms with van der Waals surface area (Å²) in [6.07, 6.45) is -2.53. The summed E-state index contributed by atoms with van der Waals surface area (Å²) in [5.41, 5.74) is -1.38. The van der Waals surface area contributed by atoms with Gasteiger partial charge in [-0.25, -0.2) is 8.42 Å². The van der Waals surface area contributed by atoms with Crippen molar-refractivity contribution in [3.63, 3.8) is 0 Å². The van der Waals surface area contributed by atoms with E-state index in [4.69, 9.17) is 0 Å². The molecule has 0 saturated heterocycles. The predicted molar refractivity (Wildman–Crippen MR) is 63.8 cm³/mol. The minimum atomic E-state index is -4.61. The molecule has 0 aliphatic heterocycles. The Labute approximate surface area is 104 Å². The maximum absolute atomic E-state index is 12.8. The molecule has 1 aromatic carbocycles. The summed E-state index contributed by atoms with van der Waals surface area (Å²) in [5.74, 6) is 0. The van der Waals surface area contributed by atoms with E-state index in [-0.39, 0.29) is 6.54 Å². The maximum Gasteiger partial charge on any atom is 0.418 e. The first-order valence-electron chi connectivity index (χ1n) is 4.92. The fraction of sp³-hybridized carbons (Fsp3) is 0.273. The van der Waals surface area contributed by atoms with Gasteiger partial charge in [-0.15, -0.1) is 6.58 Å². The van der Waals surface area contributed by atoms with E-state index in [1.165, 1.54) is 18.2 Å². The van der Waals surface area contributed by atoms with E-state index < -0.39 is 27.5 Å². The number of anilines is 1. The lowest BCUT2D eigenvalue weighted by atomic mass is 10.1. The molecule has 0 heterocycles. The van der Waals surface area contributed by atoms with Crippen molar-refractivity contribution in [3.8, 4) is 0 Å². The van der Waals surface area contributed by atoms with Crippen LogP contribution >= 0.6 is 0 Å². The van der Waals surface area contributed by atoms with Gasteiger partial charge in [0.15, 0.2) is 0 Å². The van der Waals surface area contributed by atoms with E-state index in [1.54, 1.807) is 0 Å². The summed E-state index contributed by atoms with van der Waals surface area (Å²) in [6, 6.07) is 4.52. The number of halogens is 3. The zero-order valence-corrected chi connectivity index (χ0v) is 10.4. The van der Waals surface area contributed by atoms with Crippen LogP contribution in [0.25, 0.3) is 0 Å². The van der Waals surface area contributed by atoms with Crippen molar-refractivity contribution in [2.45, 2.75) is 6.18 Å². The average molecular weight is 279 g/mol. The third-order valence-electron chi connectivity index (χ3n) is 2.17. The lowest BCUT2D eigenvalue weighted by Gasteiger charge is -2.24. The lowest BCUT2D eigenvalue weighted by Crippen LogP contribution is -2.31. The van der Waals surface area contributed by atoms with Gasteiger partial charge in [0.05, 0.1) is 24.1 Å². The van der Waals surface area contributed by atoms with Crippen molar-refractivity contribution in [2.75, 3.05) is 17.1 Å². The fourth-order valence-electron chi connectivity index (χ4n) is 1.46. The summed E-state index contributed by atoms with van der Waals surface area (Å²) < 4.78 is 62.1. The highest BCUT2D eigenvalue weighted by Gasteiger charge is 2.35. The highest BCUT2D eigenvalue weighted by Crippen LogP contribution is 2.37. The number of alkyl halides is 3. The summed E-state index contributed by atoms with van der Waals surface area (Å²) >= 11 is 0. The maximum atomic E-state index is 12.8. The molecule has 0 aliphatic rings. The van der Waals surface area contributed by atoms with Gasteiger partial charge < -0.3 is 0 Å². The van der Waals surface area contributed by atoms with Crippen molar-refractivity contribution >= 4 is 15.7 Å². The van der Waals surface area contributed by atoms with Gasteiger partial charge in [0.1, 0.15) is 0 Å². The zero-order chi connectivity index (χ0) is 14.0. The van der Waals surface area contributed by atoms with Gasteiger partial charge in [0.2, 0.25) is 10.0 Å². The molecule has 0 unspecified atom stereocenters. The van der Waals surface area contributed by atoms with E-state index >= 15 is 0 Å². The molecule has 1 rings (SSSR count). The molecule has 0 amide bonds. The van der Waals surface area contributed by atoms with Crippen LogP contribution in [0.2, 0.25) is 0 Å². The van der Waals surface area contributed by atoms with Gasteiger partial charge >= 0.3 is 6.18 Å². The summed E-state index contributed by atoms with van der Waals surface area (Å²) in [4.78, 5) is 0. The Morgan fingerprint density at radius 2 is 1.89 bits per heavy atom. The third-order valence-corrected chi connectivity index (χ3v) is 3.32. The third kappa shape index (κ3) is 3.25. The number of rotatable bonds is 4. The van der Waals surface area contributed by atoms with Crippen LogP contribution in [0, 0.1) is 0 Å². The van der Waals surface area contributed by atoms with Crippen molar-refractivity contribution < 1.29 is 21.6 Å². The topological polar surface area (TPSA) is 37.4 Å². The van der Waals surface area contributed by atoms with E-state index in [9.17, 15) is 21.6 Å². The quantitative estimate of drug-likeness (QED) is 0.795. The van der Waals surface area contributed by atoms with Gasteiger partial charge in [-0.2, -0.15) is 13.2 Å². The lowest BCUT2D eigenvalue weighted by molar-refractivity contribution is -0.137. The van der Waals surface area contributed by atoms with Crippen LogP contribution in [0.5, 0.6) is 0 Å². The SMILES string of the molecule is C=CCN(c1ccccc1C(F)(F)F)S(C)(=O)=O. The van der Waals surface area contributed by atoms with E-state index in [0.717, 1.165) is 18.4 Å². The van der Waals surface area contributed by atoms with E-state index in [1.807, 2.05) is 0 Å². The highest BCUT2D eigenvalue weighted by molar-refractivity contribution is 7.92. The van der Waals surface area contributed by atoms with E-state index in [0.29, 0.717) is 4.31 Å². The van der Waals surface area contributed by atoms with Gasteiger partial charge in [-0.1, -0.05) is 18.2 Å². The fourth-order valence-corrected chi connectivity index (χ4v) is 2.35. The van der Waals surface area contributed by atoms with Crippen LogP contribution in [0.15, 0.2) is 36.9 Å². The molecule has 1 aromatic rings. The summed E-state index contributed by atoms with van der Waals surface area (Å²) in [6.45, 7) is 3.13. The number of sulfonamides is 1. The number of benzene rings is 1. The second kappa shape index (κ2) is 5.01. The van der Waals surface area contributed by atoms with Crippen LogP contribution in [-0.2, 0) is 16.2 Å². The molecular formula is C11H12F3NO2S. The van der Waals surface area contributed by atoms with Crippen molar-refractivity contribution in [1.82, 2.24) is 0 Å². The molecule has 3 nitrogen and oxygen atoms in total. The van der Waals surface area contributed by atoms with E-state index in [2.05, 4.69) is 6.58 Å². The van der Waals surface area contributed by atoms with Crippen LogP contribution in [0.1, 0.15) is 5.56 Å². The van der Waals surface area contributed by atoms with Crippen molar-refractivity contribution in [3.05, 3.63) is 42.5 Å². The van der Waals surface area contributed by atoms with Crippen LogP contribution in [-0.4, -0.2) is 21.2 Å². The minimum absolute atomic E-state index is 0.216. The highest BCUT2D eigenvalue weighted by atomic mass is 32.2. The molecule has 0 aliphatic carbocycles. The first kappa shape index (κ1) is 14.6. The molecule has 7 heteroatoms. The monoisotopic (exact) mass is 279 g/mol. The molecular weight excluding hydrogens is 267 g/mol. The number of nitrogens with zero attached hydrogens (tertiary/aromatic N) is 1. The minimum Gasteiger partial charge on any atom is -0.266 e. The Morgan fingerprint density at radius 1 is 1.33 bits per heavy atom. The smallest absolute Gasteiger partial charge is 0.266 e. The second-order valence-electron chi connectivity index (χ2n) is 3.60. The molecule has 0 N–H and O–H groups in total. The Morgan fingerprint density at radius 3 is 2.33 bits per heavy atom. The molecule has 100 valence electrons. The first-order chi connectivity index (χ1) is 8.18. The molecule has 18 heavy (non-hydrogen) atoms. The molecule has 0 radical (unpaired) electrons. The molecule has 0 spiro atoms. The number of para-hydroxylation sites is 1. The van der Waals surface area contributed by atoms with Crippen LogP contribution in [0.4, 0.5) is 18.9 Å². The van der Waals surface area contributed by atoms with Crippen molar-refractivity contribution in [2.24, 2.45) is 0 Å². The Balaban J connectivity index is 3.43. The molecule has 0 saturated carbocycles. The predicted octanol–water partition coefficient (Wildman–Crippen LogP) is 2.66. The molecule has 0 fully saturated rings. The molecule has 0 bridgehead atoms. The van der Waals surface area contributed by atoms with Gasteiger partial charge in [0.25, 0.3) is 0 Å². The molecule has 0 atom stereocenters. The normalized spacial score (nSPS) is 12.2. The number of hydrogen-bond donors (Lipinski definition) is 0. The van der Waals surface area contributed by atoms with Crippen molar-refractivity contribution in [1.29, 1.82) is 0 Å². The first-order valence-corrected chi connectivity index (χ1v) is 6.77. The Hall–Kier alpha value is -1.50. The summed E-state index contributed by atoms with van der Waals surface area (Å²) in [7, 11) is -3.80. The standard InChI is InChI=1S/C11H12F3NO2S/c1-3-8-15(18(2,16)17)10-7-5-4-6-9(10)11(12,13)14/h3-7H,1,8H2,2H3. The Kier molecular flexibility index (Phi) is 4.05. The average Bonchev–Trinajstić information content (AvgIpc) is 2.23. The molecule has 0 aromatic heterocycles. The van der Waals surface area contributed by atoms with Crippen LogP contribution in [0.3, 0.4) is 0 Å². The van der Waals surface area contributed by atoms with Gasteiger partial charge in [0, 0.05) is 0 Å². The van der Waals surface area contributed by atoms with Crippen LogP contribution < -0.4 is 4.31 Å². The number of hydrogen-bond acceptors (Lipinski definition) is 2. The Bertz CT molecular complexity index is 537. The zero-order valence-electron chi connectivity index (χ0n) is 9.61. The second-order valence-corrected chi connectivity index (χ2v) is 5.50. The largest absolute Gasteiger partial charge is 0.418 e. The van der Waals surface area contributed by atoms with Gasteiger partial charge in [-0.05, 0) is 12.1 Å². The summed E-state index contributed by atoms with van der Waals surface area (Å²) in [5, 5.41) is 0. The van der Waals surface area contributed by atoms with Gasteiger partial charge in [-0.3, -0.25) is 4.31 Å².